The molecule has 1 aliphatic carbocycles. The lowest BCUT2D eigenvalue weighted by Crippen LogP contribution is -2.43. The van der Waals surface area contributed by atoms with Gasteiger partial charge in [0.05, 0.1) is 18.9 Å². The molecule has 1 aromatic heterocycles. The zero-order chi connectivity index (χ0) is 23.5. The normalized spacial score (nSPS) is 13.5. The van der Waals surface area contributed by atoms with Crippen LogP contribution in [0.5, 0.6) is 5.75 Å². The molecule has 1 saturated carbocycles. The summed E-state index contributed by atoms with van der Waals surface area (Å²) >= 11 is 6.07. The van der Waals surface area contributed by atoms with Crippen LogP contribution in [0.3, 0.4) is 0 Å². The summed E-state index contributed by atoms with van der Waals surface area (Å²) in [6, 6.07) is 7.63. The van der Waals surface area contributed by atoms with Crippen LogP contribution in [0.15, 0.2) is 36.5 Å². The van der Waals surface area contributed by atoms with Crippen LogP contribution in [0.4, 0.5) is 26.8 Å². The molecule has 0 saturated heterocycles. The van der Waals surface area contributed by atoms with Crippen molar-refractivity contribution < 1.29 is 14.3 Å². The molecule has 1 aliphatic rings. The molecule has 1 fully saturated rings. The molecule has 4 N–H and O–H groups in total. The highest BCUT2D eigenvalue weighted by Crippen LogP contribution is 2.28. The number of carbonyl (C=O) groups is 2. The number of benzene rings is 1. The van der Waals surface area contributed by atoms with Crippen LogP contribution in [0.1, 0.15) is 38.5 Å². The predicted molar refractivity (Wildman–Crippen MR) is 128 cm³/mol. The fourth-order valence-corrected chi connectivity index (χ4v) is 3.63. The minimum absolute atomic E-state index is 0.148. The van der Waals surface area contributed by atoms with Gasteiger partial charge >= 0.3 is 12.1 Å². The third-order valence-corrected chi connectivity index (χ3v) is 5.35. The van der Waals surface area contributed by atoms with Gasteiger partial charge in [0.25, 0.3) is 0 Å². The van der Waals surface area contributed by atoms with Crippen LogP contribution < -0.4 is 26.0 Å². The quantitative estimate of drug-likeness (QED) is 0.309. The molecule has 9 nitrogen and oxygen atoms in total. The van der Waals surface area contributed by atoms with E-state index in [0.717, 1.165) is 12.8 Å². The van der Waals surface area contributed by atoms with Crippen molar-refractivity contribution >= 4 is 40.9 Å². The van der Waals surface area contributed by atoms with Crippen molar-refractivity contribution in [2.24, 2.45) is 0 Å². The molecular weight excluding hydrogens is 444 g/mol. The van der Waals surface area contributed by atoms with Gasteiger partial charge in [-0.25, -0.2) is 14.4 Å². The number of ether oxygens (including phenoxy) is 1. The molecular formula is C23H27ClN6O3. The molecule has 0 aliphatic heterocycles. The Bertz CT molecular complexity index is 987. The van der Waals surface area contributed by atoms with Gasteiger partial charge in [-0.1, -0.05) is 36.9 Å². The first-order chi connectivity index (χ1) is 16.0. The summed E-state index contributed by atoms with van der Waals surface area (Å²) in [5.74, 6) is 0.763. The lowest BCUT2D eigenvalue weighted by Gasteiger charge is -2.22. The summed E-state index contributed by atoms with van der Waals surface area (Å²) in [6.07, 6.45) is 7.63. The zero-order valence-electron chi connectivity index (χ0n) is 18.2. The van der Waals surface area contributed by atoms with Crippen molar-refractivity contribution in [3.63, 3.8) is 0 Å². The van der Waals surface area contributed by atoms with E-state index in [4.69, 9.17) is 22.9 Å². The molecule has 0 atom stereocenters. The second-order valence-corrected chi connectivity index (χ2v) is 8.11. The lowest BCUT2D eigenvalue weighted by atomic mass is 9.96. The number of halogens is 1. The van der Waals surface area contributed by atoms with Crippen LogP contribution in [0.25, 0.3) is 4.85 Å². The van der Waals surface area contributed by atoms with Gasteiger partial charge in [-0.2, -0.15) is 0 Å². The largest absolute Gasteiger partial charge is 0.491 e. The maximum Gasteiger partial charge on any atom is 0.324 e. The number of anilines is 2. The number of aromatic nitrogens is 1. The minimum atomic E-state index is -0.522. The summed E-state index contributed by atoms with van der Waals surface area (Å²) in [5.41, 5.74) is 0.785. The number of hydrogen-bond acceptors (Lipinski definition) is 4. The molecule has 0 unspecified atom stereocenters. The van der Waals surface area contributed by atoms with Gasteiger partial charge in [0, 0.05) is 23.8 Å². The molecule has 10 heteroatoms. The Morgan fingerprint density at radius 3 is 2.67 bits per heavy atom. The number of hydrogen-bond donors (Lipinski definition) is 4. The van der Waals surface area contributed by atoms with Crippen LogP contribution in [-0.4, -0.2) is 36.2 Å². The van der Waals surface area contributed by atoms with Crippen molar-refractivity contribution in [1.82, 2.24) is 15.6 Å². The molecule has 0 radical (unpaired) electrons. The minimum Gasteiger partial charge on any atom is -0.491 e. The van der Waals surface area contributed by atoms with Crippen molar-refractivity contribution in [2.75, 3.05) is 23.8 Å². The van der Waals surface area contributed by atoms with Crippen LogP contribution in [0, 0.1) is 6.57 Å². The summed E-state index contributed by atoms with van der Waals surface area (Å²) in [7, 11) is 0. The second kappa shape index (κ2) is 12.5. The standard InChI is InChI=1S/C23H27ClN6O3/c1-25-18-9-11-21(27-15-18)30-23(32)29-19-14-16(24)8-10-20(19)33-13-5-12-26-22(31)28-17-6-3-2-4-7-17/h8-11,14-15,17H,2-7,12-13H2,(H2,26,28,31)(H2,27,29,30,32). The summed E-state index contributed by atoms with van der Waals surface area (Å²) in [6.45, 7) is 7.76. The Kier molecular flexibility index (Phi) is 9.15. The number of urea groups is 2. The molecule has 4 amide bonds. The monoisotopic (exact) mass is 470 g/mol. The van der Waals surface area contributed by atoms with Gasteiger partial charge < -0.3 is 20.7 Å². The van der Waals surface area contributed by atoms with E-state index in [2.05, 4.69) is 31.1 Å². The Labute approximate surface area is 198 Å². The smallest absolute Gasteiger partial charge is 0.324 e. The van der Waals surface area contributed by atoms with E-state index in [0.29, 0.717) is 47.5 Å². The van der Waals surface area contributed by atoms with Crippen molar-refractivity contribution in [2.45, 2.75) is 44.6 Å². The molecule has 33 heavy (non-hydrogen) atoms. The third-order valence-electron chi connectivity index (χ3n) is 5.11. The van der Waals surface area contributed by atoms with E-state index in [9.17, 15) is 9.59 Å². The van der Waals surface area contributed by atoms with E-state index in [-0.39, 0.29) is 12.1 Å². The van der Waals surface area contributed by atoms with Crippen molar-refractivity contribution in [1.29, 1.82) is 0 Å². The number of pyridine rings is 1. The summed E-state index contributed by atoms with van der Waals surface area (Å²) in [4.78, 5) is 31.6. The van der Waals surface area contributed by atoms with Crippen LogP contribution >= 0.6 is 11.6 Å². The third kappa shape index (κ3) is 8.16. The highest BCUT2D eigenvalue weighted by Gasteiger charge is 2.15. The van der Waals surface area contributed by atoms with E-state index in [1.807, 2.05) is 0 Å². The van der Waals surface area contributed by atoms with E-state index >= 15 is 0 Å². The van der Waals surface area contributed by atoms with Crippen LogP contribution in [-0.2, 0) is 0 Å². The number of nitrogens with zero attached hydrogens (tertiary/aromatic N) is 2. The van der Waals surface area contributed by atoms with Gasteiger partial charge in [-0.3, -0.25) is 10.3 Å². The first-order valence-corrected chi connectivity index (χ1v) is 11.3. The predicted octanol–water partition coefficient (Wildman–Crippen LogP) is 5.33. The topological polar surface area (TPSA) is 109 Å². The lowest BCUT2D eigenvalue weighted by molar-refractivity contribution is 0.231. The first-order valence-electron chi connectivity index (χ1n) is 10.9. The highest BCUT2D eigenvalue weighted by atomic mass is 35.5. The van der Waals surface area contributed by atoms with Gasteiger partial charge in [0.1, 0.15) is 11.6 Å². The van der Waals surface area contributed by atoms with Crippen molar-refractivity contribution in [3.05, 3.63) is 53.0 Å². The fourth-order valence-electron chi connectivity index (χ4n) is 3.46. The van der Waals surface area contributed by atoms with Gasteiger partial charge in [-0.15, -0.1) is 0 Å². The average molecular weight is 471 g/mol. The molecule has 1 heterocycles. The SMILES string of the molecule is [C-]#[N+]c1ccc(NC(=O)Nc2cc(Cl)ccc2OCCCNC(=O)NC2CCCCC2)nc1. The van der Waals surface area contributed by atoms with E-state index in [1.165, 1.54) is 25.5 Å². The number of nitrogens with one attached hydrogen (secondary N) is 4. The molecule has 0 spiro atoms. The Balaban J connectivity index is 1.43. The zero-order valence-corrected chi connectivity index (χ0v) is 19.0. The molecule has 0 bridgehead atoms. The first kappa shape index (κ1) is 24.1. The Hall–Kier alpha value is -3.51. The van der Waals surface area contributed by atoms with Crippen LogP contribution in [0.2, 0.25) is 5.02 Å². The average Bonchev–Trinajstić information content (AvgIpc) is 2.81. The Morgan fingerprint density at radius 1 is 1.12 bits per heavy atom. The molecule has 2 aromatic rings. The highest BCUT2D eigenvalue weighted by molar-refractivity contribution is 6.31. The number of rotatable bonds is 8. The number of amides is 4. The molecule has 3 rings (SSSR count). The fraction of sp³-hybridized carbons (Fsp3) is 0.391. The van der Waals surface area contributed by atoms with Gasteiger partial charge in [-0.05, 0) is 43.5 Å². The molecule has 174 valence electrons. The summed E-state index contributed by atoms with van der Waals surface area (Å²) in [5, 5.41) is 11.6. The van der Waals surface area contributed by atoms with Crippen molar-refractivity contribution in [3.8, 4) is 5.75 Å². The van der Waals surface area contributed by atoms with E-state index < -0.39 is 6.03 Å². The van der Waals surface area contributed by atoms with Gasteiger partial charge in [0.15, 0.2) is 0 Å². The Morgan fingerprint density at radius 2 is 1.94 bits per heavy atom. The second-order valence-electron chi connectivity index (χ2n) is 7.67. The van der Waals surface area contributed by atoms with Gasteiger partial charge in [0.2, 0.25) is 5.69 Å². The molecule has 1 aromatic carbocycles. The summed E-state index contributed by atoms with van der Waals surface area (Å²) < 4.78 is 5.78. The maximum atomic E-state index is 12.3. The maximum absolute atomic E-state index is 12.3. The number of carbonyl (C=O) groups excluding carboxylic acids is 2. The van der Waals surface area contributed by atoms with E-state index in [1.54, 1.807) is 30.3 Å².